The predicted molar refractivity (Wildman–Crippen MR) is 122 cm³/mol. The highest BCUT2D eigenvalue weighted by Crippen LogP contribution is 2.50. The molecule has 1 aliphatic carbocycles. The molecule has 0 atom stereocenters. The van der Waals surface area contributed by atoms with E-state index in [9.17, 15) is 8.42 Å². The van der Waals surface area contributed by atoms with E-state index in [1.165, 1.54) is 11.1 Å². The zero-order valence-electron chi connectivity index (χ0n) is 16.3. The van der Waals surface area contributed by atoms with Crippen LogP contribution in [0.1, 0.15) is 0 Å². The van der Waals surface area contributed by atoms with Crippen LogP contribution in [0.4, 0.5) is 0 Å². The number of fused-ring (bicyclic) bond motifs is 6. The molecule has 0 radical (unpaired) electrons. The number of sulfone groups is 1. The topological polar surface area (TPSA) is 47.0 Å². The van der Waals surface area contributed by atoms with Crippen molar-refractivity contribution in [1.29, 1.82) is 0 Å². The average molecular weight is 417 g/mol. The molecule has 31 heavy (non-hydrogen) atoms. The fourth-order valence-corrected chi connectivity index (χ4v) is 6.96. The molecule has 4 heteroatoms. The minimum absolute atomic E-state index is 0.359. The van der Waals surface area contributed by atoms with Gasteiger partial charge in [-0.25, -0.2) is 13.4 Å². The molecule has 1 aliphatic heterocycles. The molecular weight excluding hydrogens is 402 g/mol. The minimum Gasteiger partial charge on any atom is -0.248 e. The molecular formula is C27H15NO2S. The number of rotatable bonds is 1. The summed E-state index contributed by atoms with van der Waals surface area (Å²) in [6, 6.07) is 29.4. The zero-order chi connectivity index (χ0) is 20.7. The van der Waals surface area contributed by atoms with Gasteiger partial charge in [0, 0.05) is 22.1 Å². The summed E-state index contributed by atoms with van der Waals surface area (Å²) in [5, 5.41) is 1.13. The summed E-state index contributed by atoms with van der Waals surface area (Å²) in [6.45, 7) is 0. The Bertz CT molecular complexity index is 1700. The molecule has 4 aromatic carbocycles. The molecule has 0 spiro atoms. The molecule has 0 unspecified atom stereocenters. The molecule has 0 N–H and O–H groups in total. The number of nitrogens with zero attached hydrogens (tertiary/aromatic N) is 1. The monoisotopic (exact) mass is 417 g/mol. The predicted octanol–water partition coefficient (Wildman–Crippen LogP) is 6.36. The van der Waals surface area contributed by atoms with E-state index >= 15 is 0 Å². The standard InChI is InChI=1S/C27H15NO2S/c29-31(30)25-14-4-3-9-18(25)20-11-5-12-21(27(20)31)24-15-22-17-8-2-1-7-16(17)19-10-6-13-23(28-24)26(19)22/h1-15H. The van der Waals surface area contributed by atoms with Crippen LogP contribution in [0.5, 0.6) is 0 Å². The van der Waals surface area contributed by atoms with Gasteiger partial charge in [0.05, 0.1) is 21.0 Å². The molecule has 146 valence electrons. The molecule has 2 aliphatic rings. The van der Waals surface area contributed by atoms with Crippen molar-refractivity contribution in [2.75, 3.05) is 0 Å². The number of hydrogen-bond acceptors (Lipinski definition) is 3. The summed E-state index contributed by atoms with van der Waals surface area (Å²) < 4.78 is 26.9. The van der Waals surface area contributed by atoms with Gasteiger partial charge in [0.2, 0.25) is 9.84 Å². The average Bonchev–Trinajstić information content (AvgIpc) is 3.25. The first-order chi connectivity index (χ1) is 15.1. The van der Waals surface area contributed by atoms with Crippen molar-refractivity contribution >= 4 is 20.7 Å². The summed E-state index contributed by atoms with van der Waals surface area (Å²) in [4.78, 5) is 5.66. The highest BCUT2D eigenvalue weighted by atomic mass is 32.2. The molecule has 1 aromatic heterocycles. The van der Waals surface area contributed by atoms with Gasteiger partial charge in [0.1, 0.15) is 0 Å². The Labute approximate surface area is 179 Å². The minimum atomic E-state index is -3.60. The lowest BCUT2D eigenvalue weighted by Crippen LogP contribution is -2.00. The Kier molecular flexibility index (Phi) is 3.11. The lowest BCUT2D eigenvalue weighted by atomic mass is 9.99. The van der Waals surface area contributed by atoms with Crippen LogP contribution >= 0.6 is 0 Å². The van der Waals surface area contributed by atoms with Gasteiger partial charge in [0.15, 0.2) is 0 Å². The number of hydrogen-bond donors (Lipinski definition) is 0. The van der Waals surface area contributed by atoms with E-state index < -0.39 is 9.84 Å². The van der Waals surface area contributed by atoms with E-state index in [1.54, 1.807) is 12.1 Å². The highest BCUT2D eigenvalue weighted by Gasteiger charge is 2.35. The molecule has 0 fully saturated rings. The third-order valence-corrected chi connectivity index (χ3v) is 8.28. The fourth-order valence-electron chi connectivity index (χ4n) is 5.09. The van der Waals surface area contributed by atoms with Crippen molar-refractivity contribution in [3.8, 4) is 44.6 Å². The van der Waals surface area contributed by atoms with Crippen LogP contribution in [0.2, 0.25) is 0 Å². The molecule has 3 nitrogen and oxygen atoms in total. The number of benzene rings is 4. The lowest BCUT2D eigenvalue weighted by molar-refractivity contribution is 0.599. The molecule has 0 saturated heterocycles. The number of aromatic nitrogens is 1. The van der Waals surface area contributed by atoms with E-state index in [1.807, 2.05) is 60.7 Å². The van der Waals surface area contributed by atoms with Crippen LogP contribution in [0, 0.1) is 0 Å². The summed E-state index contributed by atoms with van der Waals surface area (Å²) in [5.41, 5.74) is 8.38. The van der Waals surface area contributed by atoms with Gasteiger partial charge >= 0.3 is 0 Å². The Morgan fingerprint density at radius 3 is 2.00 bits per heavy atom. The largest absolute Gasteiger partial charge is 0.248 e. The maximum Gasteiger partial charge on any atom is 0.208 e. The van der Waals surface area contributed by atoms with Crippen molar-refractivity contribution in [3.63, 3.8) is 0 Å². The zero-order valence-corrected chi connectivity index (χ0v) is 17.1. The van der Waals surface area contributed by atoms with Crippen LogP contribution in [-0.2, 0) is 9.84 Å². The van der Waals surface area contributed by atoms with Gasteiger partial charge in [-0.15, -0.1) is 0 Å². The molecule has 0 amide bonds. The van der Waals surface area contributed by atoms with Crippen molar-refractivity contribution in [1.82, 2.24) is 4.98 Å². The first kappa shape index (κ1) is 17.0. The maximum absolute atomic E-state index is 13.5. The van der Waals surface area contributed by atoms with Gasteiger partial charge in [0.25, 0.3) is 0 Å². The second kappa shape index (κ2) is 5.68. The summed E-state index contributed by atoms with van der Waals surface area (Å²) in [6.07, 6.45) is 0. The third-order valence-electron chi connectivity index (χ3n) is 6.37. The van der Waals surface area contributed by atoms with E-state index in [0.717, 1.165) is 33.2 Å². The molecule has 5 aromatic rings. The van der Waals surface area contributed by atoms with Crippen LogP contribution in [0.15, 0.2) is 101 Å². The summed E-state index contributed by atoms with van der Waals surface area (Å²) in [5.74, 6) is 0. The Hall–Kier alpha value is -3.76. The maximum atomic E-state index is 13.5. The van der Waals surface area contributed by atoms with Crippen molar-refractivity contribution in [2.24, 2.45) is 0 Å². The SMILES string of the molecule is O=S1(=O)c2ccccc2-c2cccc(-c3cc4c5c(cccc5n3)-c3ccccc3-4)c21. The van der Waals surface area contributed by atoms with Crippen molar-refractivity contribution in [2.45, 2.75) is 9.79 Å². The van der Waals surface area contributed by atoms with Gasteiger partial charge < -0.3 is 0 Å². The molecule has 0 saturated carbocycles. The van der Waals surface area contributed by atoms with Crippen molar-refractivity contribution < 1.29 is 8.42 Å². The highest BCUT2D eigenvalue weighted by molar-refractivity contribution is 7.92. The van der Waals surface area contributed by atoms with Crippen LogP contribution in [-0.4, -0.2) is 13.4 Å². The van der Waals surface area contributed by atoms with Gasteiger partial charge in [-0.1, -0.05) is 72.8 Å². The Morgan fingerprint density at radius 2 is 1.16 bits per heavy atom. The van der Waals surface area contributed by atoms with E-state index in [4.69, 9.17) is 4.98 Å². The van der Waals surface area contributed by atoms with Crippen LogP contribution in [0.3, 0.4) is 0 Å². The number of pyridine rings is 1. The Morgan fingerprint density at radius 1 is 0.548 bits per heavy atom. The summed E-state index contributed by atoms with van der Waals surface area (Å²) >= 11 is 0. The molecule has 0 bridgehead atoms. The van der Waals surface area contributed by atoms with Crippen LogP contribution < -0.4 is 0 Å². The van der Waals surface area contributed by atoms with Gasteiger partial charge in [-0.2, -0.15) is 0 Å². The molecule has 7 rings (SSSR count). The summed E-state index contributed by atoms with van der Waals surface area (Å²) in [7, 11) is -3.60. The first-order valence-electron chi connectivity index (χ1n) is 10.2. The lowest BCUT2D eigenvalue weighted by Gasteiger charge is -2.11. The van der Waals surface area contributed by atoms with Gasteiger partial charge in [-0.3, -0.25) is 0 Å². The molecule has 2 heterocycles. The van der Waals surface area contributed by atoms with Gasteiger partial charge in [-0.05, 0) is 40.5 Å². The smallest absolute Gasteiger partial charge is 0.208 e. The fraction of sp³-hybridized carbons (Fsp3) is 0. The van der Waals surface area contributed by atoms with Crippen molar-refractivity contribution in [3.05, 3.63) is 91.0 Å². The van der Waals surface area contributed by atoms with E-state index in [-0.39, 0.29) is 0 Å². The Balaban J connectivity index is 1.57. The first-order valence-corrected chi connectivity index (χ1v) is 11.6. The second-order valence-corrected chi connectivity index (χ2v) is 9.84. The third kappa shape index (κ3) is 2.07. The van der Waals surface area contributed by atoms with E-state index in [0.29, 0.717) is 21.0 Å². The van der Waals surface area contributed by atoms with E-state index in [2.05, 4.69) is 18.2 Å². The second-order valence-electron chi connectivity index (χ2n) is 7.98. The quantitative estimate of drug-likeness (QED) is 0.312. The normalized spacial score (nSPS) is 14.3. The van der Waals surface area contributed by atoms with Crippen LogP contribution in [0.25, 0.3) is 55.5 Å².